The number of ether oxygens (including phenoxy) is 2. The Morgan fingerprint density at radius 2 is 1.67 bits per heavy atom. The predicted octanol–water partition coefficient (Wildman–Crippen LogP) is 2.64. The van der Waals surface area contributed by atoms with E-state index < -0.39 is 5.56 Å². The van der Waals surface area contributed by atoms with Crippen LogP contribution in [0.25, 0.3) is 11.3 Å². The van der Waals surface area contributed by atoms with Gasteiger partial charge in [0.1, 0.15) is 30.5 Å². The van der Waals surface area contributed by atoms with Crippen molar-refractivity contribution in [1.29, 1.82) is 0 Å². The number of benzene rings is 2. The van der Waals surface area contributed by atoms with E-state index in [0.29, 0.717) is 23.6 Å². The molecule has 8 heteroatoms. The number of aromatic nitrogens is 2. The third-order valence-electron chi connectivity index (χ3n) is 4.13. The molecule has 0 atom stereocenters. The van der Waals surface area contributed by atoms with Crippen molar-refractivity contribution in [3.8, 4) is 22.8 Å². The van der Waals surface area contributed by atoms with Crippen LogP contribution in [-0.2, 0) is 11.3 Å². The number of amides is 1. The highest BCUT2D eigenvalue weighted by atomic mass is 19.1. The zero-order valence-corrected chi connectivity index (χ0v) is 16.5. The lowest BCUT2D eigenvalue weighted by atomic mass is 10.1. The zero-order valence-electron chi connectivity index (χ0n) is 16.5. The summed E-state index contributed by atoms with van der Waals surface area (Å²) in [5.74, 6) is 0.701. The van der Waals surface area contributed by atoms with Crippen LogP contribution in [0.4, 0.5) is 4.39 Å². The summed E-state index contributed by atoms with van der Waals surface area (Å²) in [5, 5.41) is 6.88. The van der Waals surface area contributed by atoms with Gasteiger partial charge in [0.25, 0.3) is 5.56 Å². The number of carbonyl (C=O) groups is 1. The maximum atomic E-state index is 13.1. The van der Waals surface area contributed by atoms with Crippen LogP contribution in [0.15, 0.2) is 65.5 Å². The molecule has 0 aliphatic carbocycles. The molecule has 1 heterocycles. The fourth-order valence-corrected chi connectivity index (χ4v) is 2.69. The van der Waals surface area contributed by atoms with Gasteiger partial charge in [0.05, 0.1) is 18.8 Å². The Labute approximate surface area is 173 Å². The Balaban J connectivity index is 1.50. The van der Waals surface area contributed by atoms with E-state index >= 15 is 0 Å². The Hall–Kier alpha value is -3.68. The molecule has 156 valence electrons. The molecule has 0 aliphatic heterocycles. The standard InChI is InChI=1S/C22H22FN3O4/c1-2-29-18-7-9-19(10-8-18)30-14-13-24-21(27)15-26-22(28)12-11-20(25-26)16-3-5-17(23)6-4-16/h3-12H,2,13-15H2,1H3,(H,24,27). The van der Waals surface area contributed by atoms with Gasteiger partial charge >= 0.3 is 0 Å². The van der Waals surface area contributed by atoms with Gasteiger partial charge in [-0.25, -0.2) is 9.07 Å². The molecule has 0 aliphatic rings. The number of carbonyl (C=O) groups excluding carboxylic acids is 1. The largest absolute Gasteiger partial charge is 0.494 e. The highest BCUT2D eigenvalue weighted by Gasteiger charge is 2.08. The van der Waals surface area contributed by atoms with Gasteiger partial charge in [-0.15, -0.1) is 0 Å². The molecule has 0 saturated carbocycles. The van der Waals surface area contributed by atoms with Gasteiger partial charge < -0.3 is 14.8 Å². The first-order valence-corrected chi connectivity index (χ1v) is 9.51. The fourth-order valence-electron chi connectivity index (χ4n) is 2.69. The van der Waals surface area contributed by atoms with E-state index in [-0.39, 0.29) is 31.4 Å². The number of nitrogens with one attached hydrogen (secondary N) is 1. The molecule has 0 bridgehead atoms. The molecule has 3 rings (SSSR count). The highest BCUT2D eigenvalue weighted by Crippen LogP contribution is 2.17. The number of halogens is 1. The second kappa shape index (κ2) is 10.2. The van der Waals surface area contributed by atoms with Crippen molar-refractivity contribution in [2.24, 2.45) is 0 Å². The van der Waals surface area contributed by atoms with Crippen molar-refractivity contribution < 1.29 is 18.7 Å². The van der Waals surface area contributed by atoms with Gasteiger partial charge in [0, 0.05) is 11.6 Å². The lowest BCUT2D eigenvalue weighted by Gasteiger charge is -2.10. The van der Waals surface area contributed by atoms with Crippen molar-refractivity contribution in [2.45, 2.75) is 13.5 Å². The van der Waals surface area contributed by atoms with Crippen LogP contribution >= 0.6 is 0 Å². The Morgan fingerprint density at radius 1 is 1.00 bits per heavy atom. The monoisotopic (exact) mass is 411 g/mol. The number of hydrogen-bond acceptors (Lipinski definition) is 5. The van der Waals surface area contributed by atoms with E-state index in [9.17, 15) is 14.0 Å². The zero-order chi connectivity index (χ0) is 21.3. The molecule has 0 unspecified atom stereocenters. The van der Waals surface area contributed by atoms with E-state index in [0.717, 1.165) is 10.4 Å². The minimum atomic E-state index is -0.401. The predicted molar refractivity (Wildman–Crippen MR) is 110 cm³/mol. The molecular formula is C22H22FN3O4. The quantitative estimate of drug-likeness (QED) is 0.548. The van der Waals surface area contributed by atoms with Gasteiger partial charge in [0.2, 0.25) is 5.91 Å². The Morgan fingerprint density at radius 3 is 2.33 bits per heavy atom. The fraction of sp³-hybridized carbons (Fsp3) is 0.227. The van der Waals surface area contributed by atoms with Crippen molar-refractivity contribution in [1.82, 2.24) is 15.1 Å². The van der Waals surface area contributed by atoms with Crippen LogP contribution in [0.5, 0.6) is 11.5 Å². The van der Waals surface area contributed by atoms with E-state index in [2.05, 4.69) is 10.4 Å². The molecule has 0 fully saturated rings. The van der Waals surface area contributed by atoms with Gasteiger partial charge in [0.15, 0.2) is 0 Å². The molecule has 1 aromatic heterocycles. The molecule has 2 aromatic carbocycles. The van der Waals surface area contributed by atoms with Crippen molar-refractivity contribution in [3.63, 3.8) is 0 Å². The topological polar surface area (TPSA) is 82.4 Å². The Kier molecular flexibility index (Phi) is 7.15. The van der Waals surface area contributed by atoms with Crippen LogP contribution in [0, 0.1) is 5.82 Å². The minimum Gasteiger partial charge on any atom is -0.494 e. The van der Waals surface area contributed by atoms with Crippen molar-refractivity contribution in [3.05, 3.63) is 76.8 Å². The van der Waals surface area contributed by atoms with Gasteiger partial charge in [-0.05, 0) is 61.5 Å². The molecule has 3 aromatic rings. The van der Waals surface area contributed by atoms with Crippen LogP contribution in [0.3, 0.4) is 0 Å². The van der Waals surface area contributed by atoms with E-state index in [4.69, 9.17) is 9.47 Å². The molecule has 30 heavy (non-hydrogen) atoms. The number of rotatable bonds is 9. The summed E-state index contributed by atoms with van der Waals surface area (Å²) in [5.41, 5.74) is 0.720. The first-order chi connectivity index (χ1) is 14.5. The maximum absolute atomic E-state index is 13.1. The average Bonchev–Trinajstić information content (AvgIpc) is 2.75. The summed E-state index contributed by atoms with van der Waals surface area (Å²) >= 11 is 0. The summed E-state index contributed by atoms with van der Waals surface area (Å²) in [6.07, 6.45) is 0. The van der Waals surface area contributed by atoms with E-state index in [1.165, 1.54) is 24.3 Å². The van der Waals surface area contributed by atoms with Crippen LogP contribution in [0.1, 0.15) is 6.92 Å². The third kappa shape index (κ3) is 5.91. The molecule has 7 nitrogen and oxygen atoms in total. The Bertz CT molecular complexity index is 1030. The SMILES string of the molecule is CCOc1ccc(OCCNC(=O)Cn2nc(-c3ccc(F)cc3)ccc2=O)cc1. The first-order valence-electron chi connectivity index (χ1n) is 9.51. The third-order valence-corrected chi connectivity index (χ3v) is 4.13. The second-order valence-corrected chi connectivity index (χ2v) is 6.32. The number of hydrogen-bond donors (Lipinski definition) is 1. The van der Waals surface area contributed by atoms with Gasteiger partial charge in [-0.1, -0.05) is 0 Å². The first kappa shape index (κ1) is 21.0. The van der Waals surface area contributed by atoms with Crippen LogP contribution in [-0.4, -0.2) is 35.4 Å². The normalized spacial score (nSPS) is 10.5. The van der Waals surface area contributed by atoms with E-state index in [1.54, 1.807) is 24.3 Å². The highest BCUT2D eigenvalue weighted by molar-refractivity contribution is 5.75. The molecular weight excluding hydrogens is 389 g/mol. The number of nitrogens with zero attached hydrogens (tertiary/aromatic N) is 2. The molecule has 0 radical (unpaired) electrons. The van der Waals surface area contributed by atoms with Crippen molar-refractivity contribution >= 4 is 5.91 Å². The van der Waals surface area contributed by atoms with Gasteiger partial charge in [-0.2, -0.15) is 5.10 Å². The molecule has 0 saturated heterocycles. The maximum Gasteiger partial charge on any atom is 0.267 e. The minimum absolute atomic E-state index is 0.225. The molecule has 0 spiro atoms. The van der Waals surface area contributed by atoms with Crippen molar-refractivity contribution in [2.75, 3.05) is 19.8 Å². The lowest BCUT2D eigenvalue weighted by Crippen LogP contribution is -2.35. The molecule has 1 amide bonds. The smallest absolute Gasteiger partial charge is 0.267 e. The van der Waals surface area contributed by atoms with Crippen LogP contribution < -0.4 is 20.3 Å². The van der Waals surface area contributed by atoms with E-state index in [1.807, 2.05) is 19.1 Å². The summed E-state index contributed by atoms with van der Waals surface area (Å²) < 4.78 is 25.1. The summed E-state index contributed by atoms with van der Waals surface area (Å²) in [6.45, 7) is 2.83. The summed E-state index contributed by atoms with van der Waals surface area (Å²) in [6, 6.07) is 15.8. The summed E-state index contributed by atoms with van der Waals surface area (Å²) in [7, 11) is 0. The second-order valence-electron chi connectivity index (χ2n) is 6.32. The lowest BCUT2D eigenvalue weighted by molar-refractivity contribution is -0.122. The average molecular weight is 411 g/mol. The van der Waals surface area contributed by atoms with Crippen LogP contribution in [0.2, 0.25) is 0 Å². The molecule has 1 N–H and O–H groups in total. The van der Waals surface area contributed by atoms with Gasteiger partial charge in [-0.3, -0.25) is 9.59 Å². The summed E-state index contributed by atoms with van der Waals surface area (Å²) in [4.78, 5) is 24.2.